The Morgan fingerprint density at radius 1 is 1.62 bits per heavy atom. The third-order valence-electron chi connectivity index (χ3n) is 3.05. The quantitative estimate of drug-likeness (QED) is 0.741. The molecule has 1 amide bonds. The number of nitrogens with zero attached hydrogens (tertiary/aromatic N) is 1. The van der Waals surface area contributed by atoms with Gasteiger partial charge in [-0.2, -0.15) is 0 Å². The third kappa shape index (κ3) is 4.94. The fourth-order valence-electron chi connectivity index (χ4n) is 1.87. The van der Waals surface area contributed by atoms with Gasteiger partial charge in [0.05, 0.1) is 6.10 Å². The summed E-state index contributed by atoms with van der Waals surface area (Å²) in [5.74, 6) is 0.205. The van der Waals surface area contributed by atoms with Crippen molar-refractivity contribution in [2.75, 3.05) is 20.2 Å². The second-order valence-corrected chi connectivity index (χ2v) is 4.75. The summed E-state index contributed by atoms with van der Waals surface area (Å²) in [6.45, 7) is 3.58. The van der Waals surface area contributed by atoms with Crippen molar-refractivity contribution in [3.8, 4) is 0 Å². The summed E-state index contributed by atoms with van der Waals surface area (Å²) in [5.41, 5.74) is 5.66. The summed E-state index contributed by atoms with van der Waals surface area (Å²) in [4.78, 5) is 13.5. The molecule has 1 heterocycles. The number of carbonyl (C=O) groups is 1. The number of ether oxygens (including phenoxy) is 1. The standard InChI is InChI=1S/C12H24N2O2/c1-10(13)7-8-14(2)12(15)6-5-11-4-3-9-16-11/h10-11H,3-9,13H2,1-2H3. The Bertz CT molecular complexity index is 213. The highest BCUT2D eigenvalue weighted by molar-refractivity contribution is 5.75. The van der Waals surface area contributed by atoms with E-state index in [1.54, 1.807) is 4.90 Å². The van der Waals surface area contributed by atoms with Gasteiger partial charge in [0.2, 0.25) is 5.91 Å². The van der Waals surface area contributed by atoms with Crippen molar-refractivity contribution in [3.63, 3.8) is 0 Å². The first-order valence-electron chi connectivity index (χ1n) is 6.20. The van der Waals surface area contributed by atoms with E-state index in [9.17, 15) is 4.79 Å². The molecule has 0 saturated carbocycles. The maximum atomic E-state index is 11.7. The van der Waals surface area contributed by atoms with Crippen LogP contribution in [0.2, 0.25) is 0 Å². The SMILES string of the molecule is CC(N)CCN(C)C(=O)CCC1CCCO1. The number of hydrogen-bond acceptors (Lipinski definition) is 3. The van der Waals surface area contributed by atoms with Crippen LogP contribution >= 0.6 is 0 Å². The lowest BCUT2D eigenvalue weighted by molar-refractivity contribution is -0.130. The molecule has 4 nitrogen and oxygen atoms in total. The maximum absolute atomic E-state index is 11.7. The maximum Gasteiger partial charge on any atom is 0.222 e. The van der Waals surface area contributed by atoms with Crippen LogP contribution in [0.15, 0.2) is 0 Å². The molecule has 4 heteroatoms. The van der Waals surface area contributed by atoms with Crippen LogP contribution in [0.5, 0.6) is 0 Å². The molecule has 2 unspecified atom stereocenters. The molecule has 2 N–H and O–H groups in total. The first-order chi connectivity index (χ1) is 7.59. The van der Waals surface area contributed by atoms with Gasteiger partial charge in [0, 0.05) is 32.7 Å². The van der Waals surface area contributed by atoms with Crippen LogP contribution in [0.25, 0.3) is 0 Å². The zero-order valence-electron chi connectivity index (χ0n) is 10.4. The van der Waals surface area contributed by atoms with Crippen LogP contribution in [-0.4, -0.2) is 43.2 Å². The van der Waals surface area contributed by atoms with E-state index < -0.39 is 0 Å². The van der Waals surface area contributed by atoms with Gasteiger partial charge in [-0.25, -0.2) is 0 Å². The van der Waals surface area contributed by atoms with Crippen molar-refractivity contribution < 1.29 is 9.53 Å². The van der Waals surface area contributed by atoms with Crippen molar-refractivity contribution in [3.05, 3.63) is 0 Å². The van der Waals surface area contributed by atoms with Crippen molar-refractivity contribution >= 4 is 5.91 Å². The van der Waals surface area contributed by atoms with E-state index in [4.69, 9.17) is 10.5 Å². The monoisotopic (exact) mass is 228 g/mol. The zero-order chi connectivity index (χ0) is 12.0. The summed E-state index contributed by atoms with van der Waals surface area (Å²) in [7, 11) is 1.85. The molecule has 1 saturated heterocycles. The van der Waals surface area contributed by atoms with Crippen LogP contribution in [0, 0.1) is 0 Å². The lowest BCUT2D eigenvalue weighted by Gasteiger charge is -2.19. The average Bonchev–Trinajstić information content (AvgIpc) is 2.75. The van der Waals surface area contributed by atoms with E-state index in [0.717, 1.165) is 38.8 Å². The van der Waals surface area contributed by atoms with Gasteiger partial charge in [-0.3, -0.25) is 4.79 Å². The molecule has 1 rings (SSSR count). The molecule has 0 aromatic carbocycles. The Kier molecular flexibility index (Phi) is 5.77. The van der Waals surface area contributed by atoms with Gasteiger partial charge in [0.1, 0.15) is 0 Å². The highest BCUT2D eigenvalue weighted by Crippen LogP contribution is 2.17. The highest BCUT2D eigenvalue weighted by atomic mass is 16.5. The fourth-order valence-corrected chi connectivity index (χ4v) is 1.87. The van der Waals surface area contributed by atoms with Crippen molar-refractivity contribution in [2.45, 2.75) is 51.2 Å². The Morgan fingerprint density at radius 2 is 2.38 bits per heavy atom. The first kappa shape index (κ1) is 13.5. The normalized spacial score (nSPS) is 22.1. The highest BCUT2D eigenvalue weighted by Gasteiger charge is 2.18. The van der Waals surface area contributed by atoms with Gasteiger partial charge in [0.15, 0.2) is 0 Å². The van der Waals surface area contributed by atoms with E-state index in [1.807, 2.05) is 14.0 Å². The summed E-state index contributed by atoms with van der Waals surface area (Å²) >= 11 is 0. The number of rotatable bonds is 6. The lowest BCUT2D eigenvalue weighted by atomic mass is 10.1. The molecule has 0 spiro atoms. The minimum Gasteiger partial charge on any atom is -0.378 e. The van der Waals surface area contributed by atoms with Gasteiger partial charge < -0.3 is 15.4 Å². The largest absolute Gasteiger partial charge is 0.378 e. The van der Waals surface area contributed by atoms with Gasteiger partial charge in [0.25, 0.3) is 0 Å². The summed E-state index contributed by atoms with van der Waals surface area (Å²) in [5, 5.41) is 0. The molecular formula is C12H24N2O2. The van der Waals surface area contributed by atoms with Crippen LogP contribution < -0.4 is 5.73 Å². The number of amides is 1. The molecule has 0 aromatic heterocycles. The Hall–Kier alpha value is -0.610. The summed E-state index contributed by atoms with van der Waals surface area (Å²) < 4.78 is 5.49. The first-order valence-corrected chi connectivity index (χ1v) is 6.20. The summed E-state index contributed by atoms with van der Waals surface area (Å²) in [6, 6.07) is 0.161. The molecule has 16 heavy (non-hydrogen) atoms. The van der Waals surface area contributed by atoms with E-state index in [2.05, 4.69) is 0 Å². The van der Waals surface area contributed by atoms with E-state index in [0.29, 0.717) is 12.5 Å². The van der Waals surface area contributed by atoms with Gasteiger partial charge in [-0.05, 0) is 32.6 Å². The zero-order valence-corrected chi connectivity index (χ0v) is 10.4. The molecule has 94 valence electrons. The van der Waals surface area contributed by atoms with E-state index in [1.165, 1.54) is 0 Å². The molecule has 0 bridgehead atoms. The predicted octanol–water partition coefficient (Wildman–Crippen LogP) is 1.14. The second kappa shape index (κ2) is 6.86. The summed E-state index contributed by atoms with van der Waals surface area (Å²) in [6.07, 6.45) is 4.88. The minimum atomic E-state index is 0.161. The van der Waals surface area contributed by atoms with E-state index in [-0.39, 0.29) is 11.9 Å². The second-order valence-electron chi connectivity index (χ2n) is 4.75. The Labute approximate surface area is 98.1 Å². The van der Waals surface area contributed by atoms with Crippen LogP contribution in [-0.2, 0) is 9.53 Å². The van der Waals surface area contributed by atoms with Gasteiger partial charge in [-0.15, -0.1) is 0 Å². The van der Waals surface area contributed by atoms with Crippen molar-refractivity contribution in [1.82, 2.24) is 4.90 Å². The smallest absolute Gasteiger partial charge is 0.222 e. The molecule has 1 aliphatic rings. The molecule has 2 atom stereocenters. The van der Waals surface area contributed by atoms with Crippen molar-refractivity contribution in [1.29, 1.82) is 0 Å². The lowest BCUT2D eigenvalue weighted by Crippen LogP contribution is -2.31. The minimum absolute atomic E-state index is 0.161. The van der Waals surface area contributed by atoms with Crippen molar-refractivity contribution in [2.24, 2.45) is 5.73 Å². The molecular weight excluding hydrogens is 204 g/mol. The average molecular weight is 228 g/mol. The Balaban J connectivity index is 2.12. The molecule has 0 radical (unpaired) electrons. The Morgan fingerprint density at radius 3 is 2.94 bits per heavy atom. The third-order valence-corrected chi connectivity index (χ3v) is 3.05. The van der Waals surface area contributed by atoms with Gasteiger partial charge in [-0.1, -0.05) is 0 Å². The van der Waals surface area contributed by atoms with Crippen LogP contribution in [0.3, 0.4) is 0 Å². The van der Waals surface area contributed by atoms with E-state index >= 15 is 0 Å². The van der Waals surface area contributed by atoms with Crippen LogP contribution in [0.1, 0.15) is 39.0 Å². The topological polar surface area (TPSA) is 55.6 Å². The number of carbonyl (C=O) groups excluding carboxylic acids is 1. The van der Waals surface area contributed by atoms with Crippen LogP contribution in [0.4, 0.5) is 0 Å². The molecule has 0 aliphatic carbocycles. The number of nitrogens with two attached hydrogens (primary N) is 1. The molecule has 0 aromatic rings. The fraction of sp³-hybridized carbons (Fsp3) is 0.917. The number of hydrogen-bond donors (Lipinski definition) is 1. The predicted molar refractivity (Wildman–Crippen MR) is 64.1 cm³/mol. The van der Waals surface area contributed by atoms with Gasteiger partial charge >= 0.3 is 0 Å². The molecule has 1 fully saturated rings. The molecule has 1 aliphatic heterocycles.